The topological polar surface area (TPSA) is 15.3 Å². The van der Waals surface area contributed by atoms with Crippen LogP contribution in [0.1, 0.15) is 30.9 Å². The van der Waals surface area contributed by atoms with Gasteiger partial charge in [0.25, 0.3) is 0 Å². The van der Waals surface area contributed by atoms with Crippen LogP contribution in [0.3, 0.4) is 0 Å². The maximum Gasteiger partial charge on any atom is 0.0440 e. The van der Waals surface area contributed by atoms with E-state index in [4.69, 9.17) is 0 Å². The molecular formula is C17H21BrN2S. The molecule has 2 nitrogen and oxygen atoms in total. The molecule has 1 aromatic carbocycles. The normalized spacial score (nSPS) is 14.4. The number of nitrogens with one attached hydrogen (secondary N) is 1. The van der Waals surface area contributed by atoms with Crippen molar-refractivity contribution < 1.29 is 0 Å². The molecule has 1 aliphatic carbocycles. The fraction of sp³-hybridized carbons (Fsp3) is 0.412. The number of hydrogen-bond acceptors (Lipinski definition) is 3. The van der Waals surface area contributed by atoms with Gasteiger partial charge in [-0.2, -0.15) is 11.3 Å². The van der Waals surface area contributed by atoms with Crippen molar-refractivity contribution in [2.45, 2.75) is 38.9 Å². The molecule has 1 heterocycles. The van der Waals surface area contributed by atoms with Crippen molar-refractivity contribution in [1.82, 2.24) is 5.32 Å². The summed E-state index contributed by atoms with van der Waals surface area (Å²) in [6.45, 7) is 5.08. The summed E-state index contributed by atoms with van der Waals surface area (Å²) in [6, 6.07) is 9.73. The molecule has 3 rings (SSSR count). The van der Waals surface area contributed by atoms with Gasteiger partial charge in [0.2, 0.25) is 0 Å². The van der Waals surface area contributed by atoms with Crippen LogP contribution in [0.2, 0.25) is 0 Å². The van der Waals surface area contributed by atoms with Gasteiger partial charge in [-0.25, -0.2) is 0 Å². The number of thiophene rings is 1. The van der Waals surface area contributed by atoms with Gasteiger partial charge >= 0.3 is 0 Å². The number of halogens is 1. The number of hydrogen-bond donors (Lipinski definition) is 1. The van der Waals surface area contributed by atoms with E-state index in [1.807, 2.05) is 0 Å². The third kappa shape index (κ3) is 3.87. The van der Waals surface area contributed by atoms with Gasteiger partial charge in [0.15, 0.2) is 0 Å². The van der Waals surface area contributed by atoms with Gasteiger partial charge in [0.1, 0.15) is 0 Å². The summed E-state index contributed by atoms with van der Waals surface area (Å²) < 4.78 is 1.21. The van der Waals surface area contributed by atoms with Crippen molar-refractivity contribution in [3.05, 3.63) is 50.6 Å². The van der Waals surface area contributed by atoms with Crippen molar-refractivity contribution >= 4 is 33.0 Å². The summed E-state index contributed by atoms with van der Waals surface area (Å²) in [5, 5.41) is 7.80. The zero-order valence-electron chi connectivity index (χ0n) is 12.3. The second kappa shape index (κ2) is 6.95. The number of anilines is 1. The summed E-state index contributed by atoms with van der Waals surface area (Å²) in [5.74, 6) is 0. The fourth-order valence-corrected chi connectivity index (χ4v) is 3.68. The Labute approximate surface area is 139 Å². The summed E-state index contributed by atoms with van der Waals surface area (Å²) >= 11 is 5.51. The first kappa shape index (κ1) is 15.1. The molecule has 0 atom stereocenters. The number of benzene rings is 1. The molecule has 0 amide bonds. The Kier molecular flexibility index (Phi) is 4.99. The Morgan fingerprint density at radius 1 is 1.33 bits per heavy atom. The Hall–Kier alpha value is -0.840. The molecule has 0 unspecified atom stereocenters. The molecular weight excluding hydrogens is 344 g/mol. The van der Waals surface area contributed by atoms with E-state index in [2.05, 4.69) is 68.1 Å². The van der Waals surface area contributed by atoms with E-state index < -0.39 is 0 Å². The highest BCUT2D eigenvalue weighted by Gasteiger charge is 2.29. The van der Waals surface area contributed by atoms with Gasteiger partial charge in [0.05, 0.1) is 0 Å². The van der Waals surface area contributed by atoms with Crippen LogP contribution in [0.15, 0.2) is 39.5 Å². The lowest BCUT2D eigenvalue weighted by Gasteiger charge is -2.25. The molecule has 21 heavy (non-hydrogen) atoms. The lowest BCUT2D eigenvalue weighted by Crippen LogP contribution is -2.24. The first-order valence-electron chi connectivity index (χ1n) is 7.54. The zero-order chi connectivity index (χ0) is 14.7. The fourth-order valence-electron chi connectivity index (χ4n) is 2.51. The highest BCUT2D eigenvalue weighted by atomic mass is 79.9. The van der Waals surface area contributed by atoms with Gasteiger partial charge < -0.3 is 10.2 Å². The van der Waals surface area contributed by atoms with E-state index in [1.165, 1.54) is 34.1 Å². The van der Waals surface area contributed by atoms with Crippen molar-refractivity contribution in [3.8, 4) is 0 Å². The van der Waals surface area contributed by atoms with Crippen LogP contribution < -0.4 is 10.2 Å². The van der Waals surface area contributed by atoms with Gasteiger partial charge in [-0.1, -0.05) is 28.9 Å². The second-order valence-electron chi connectivity index (χ2n) is 5.55. The summed E-state index contributed by atoms with van der Waals surface area (Å²) in [6.07, 6.45) is 2.64. The predicted octanol–water partition coefficient (Wildman–Crippen LogP) is 4.79. The Bertz CT molecular complexity index is 578. The maximum atomic E-state index is 3.73. The summed E-state index contributed by atoms with van der Waals surface area (Å²) in [5.41, 5.74) is 4.07. The van der Waals surface area contributed by atoms with Gasteiger partial charge in [-0.05, 0) is 59.5 Å². The smallest absolute Gasteiger partial charge is 0.0440 e. The minimum absolute atomic E-state index is 0.719. The minimum atomic E-state index is 0.719. The summed E-state index contributed by atoms with van der Waals surface area (Å²) in [7, 11) is 0. The molecule has 0 radical (unpaired) electrons. The van der Waals surface area contributed by atoms with Crippen LogP contribution in [-0.4, -0.2) is 12.6 Å². The predicted molar refractivity (Wildman–Crippen MR) is 95.0 cm³/mol. The maximum absolute atomic E-state index is 3.73. The second-order valence-corrected chi connectivity index (χ2v) is 7.18. The van der Waals surface area contributed by atoms with Crippen molar-refractivity contribution in [3.63, 3.8) is 0 Å². The standard InChI is InChI=1S/C17H21BrN2S/c1-2-19-10-14-3-4-16(9-17(14)18)20(15-5-6-15)11-13-7-8-21-12-13/h3-4,7-9,12,15,19H,2,5-6,10-11H2,1H3. The van der Waals surface area contributed by atoms with E-state index in [1.54, 1.807) is 11.3 Å². The molecule has 1 N–H and O–H groups in total. The van der Waals surface area contributed by atoms with E-state index in [-0.39, 0.29) is 0 Å². The average molecular weight is 365 g/mol. The minimum Gasteiger partial charge on any atom is -0.364 e. The molecule has 1 fully saturated rings. The molecule has 0 saturated heterocycles. The van der Waals surface area contributed by atoms with Crippen LogP contribution in [0.5, 0.6) is 0 Å². The lowest BCUT2D eigenvalue weighted by atomic mass is 10.1. The SMILES string of the molecule is CCNCc1ccc(N(Cc2ccsc2)C2CC2)cc1Br. The van der Waals surface area contributed by atoms with Gasteiger partial charge in [-0.3, -0.25) is 0 Å². The third-order valence-electron chi connectivity index (χ3n) is 3.85. The molecule has 4 heteroatoms. The van der Waals surface area contributed by atoms with Crippen LogP contribution >= 0.6 is 27.3 Å². The zero-order valence-corrected chi connectivity index (χ0v) is 14.7. The molecule has 1 saturated carbocycles. The average Bonchev–Trinajstić information content (AvgIpc) is 3.20. The molecule has 1 aliphatic rings. The highest BCUT2D eigenvalue weighted by Crippen LogP contribution is 2.35. The van der Waals surface area contributed by atoms with Crippen LogP contribution in [-0.2, 0) is 13.1 Å². The Balaban J connectivity index is 1.77. The van der Waals surface area contributed by atoms with Crippen molar-refractivity contribution in [1.29, 1.82) is 0 Å². The monoisotopic (exact) mass is 364 g/mol. The van der Waals surface area contributed by atoms with E-state index in [0.29, 0.717) is 0 Å². The molecule has 0 bridgehead atoms. The summed E-state index contributed by atoms with van der Waals surface area (Å²) in [4.78, 5) is 2.55. The quantitative estimate of drug-likeness (QED) is 0.759. The Morgan fingerprint density at radius 3 is 2.81 bits per heavy atom. The van der Waals surface area contributed by atoms with E-state index in [9.17, 15) is 0 Å². The van der Waals surface area contributed by atoms with Crippen LogP contribution in [0, 0.1) is 0 Å². The first-order chi connectivity index (χ1) is 10.3. The van der Waals surface area contributed by atoms with Crippen LogP contribution in [0.4, 0.5) is 5.69 Å². The van der Waals surface area contributed by atoms with Crippen molar-refractivity contribution in [2.75, 3.05) is 11.4 Å². The molecule has 1 aromatic heterocycles. The van der Waals surface area contributed by atoms with Crippen molar-refractivity contribution in [2.24, 2.45) is 0 Å². The lowest BCUT2D eigenvalue weighted by molar-refractivity contribution is 0.724. The molecule has 112 valence electrons. The van der Waals surface area contributed by atoms with E-state index >= 15 is 0 Å². The van der Waals surface area contributed by atoms with Crippen LogP contribution in [0.25, 0.3) is 0 Å². The first-order valence-corrected chi connectivity index (χ1v) is 9.28. The highest BCUT2D eigenvalue weighted by molar-refractivity contribution is 9.10. The molecule has 0 aliphatic heterocycles. The molecule has 0 spiro atoms. The molecule has 2 aromatic rings. The third-order valence-corrected chi connectivity index (χ3v) is 5.32. The largest absolute Gasteiger partial charge is 0.364 e. The van der Waals surface area contributed by atoms with E-state index in [0.717, 1.165) is 25.7 Å². The van der Waals surface area contributed by atoms with Gasteiger partial charge in [0, 0.05) is 29.3 Å². The number of nitrogens with zero attached hydrogens (tertiary/aromatic N) is 1. The Morgan fingerprint density at radius 2 is 2.19 bits per heavy atom. The number of rotatable bonds is 7. The van der Waals surface area contributed by atoms with Gasteiger partial charge in [-0.15, -0.1) is 0 Å².